The number of hydrogen-bond acceptors (Lipinski definition) is 2. The van der Waals surface area contributed by atoms with E-state index in [2.05, 4.69) is 6.07 Å². The minimum Gasteiger partial charge on any atom is -0.417 e. The predicted octanol–water partition coefficient (Wildman–Crippen LogP) is 3.09. The molecule has 98 valence electrons. The van der Waals surface area contributed by atoms with Crippen LogP contribution in [-0.2, 0) is 4.79 Å². The molecular weight excluding hydrogens is 238 g/mol. The van der Waals surface area contributed by atoms with Crippen LogP contribution in [0.5, 0.6) is 0 Å². The highest BCUT2D eigenvalue weighted by atomic mass is 16.6. The molecule has 0 spiro atoms. The van der Waals surface area contributed by atoms with E-state index in [1.165, 1.54) is 10.9 Å². The van der Waals surface area contributed by atoms with Crippen LogP contribution in [0, 0.1) is 0 Å². The summed E-state index contributed by atoms with van der Waals surface area (Å²) >= 11 is 0. The van der Waals surface area contributed by atoms with Gasteiger partial charge in [0.1, 0.15) is 7.11 Å². The van der Waals surface area contributed by atoms with Gasteiger partial charge in [0.05, 0.1) is 5.52 Å². The normalized spacial score (nSPS) is 19.6. The Morgan fingerprint density at radius 3 is 2.79 bits per heavy atom. The van der Waals surface area contributed by atoms with E-state index in [0.717, 1.165) is 17.5 Å². The molecule has 3 heteroatoms. The molecule has 1 unspecified atom stereocenters. The van der Waals surface area contributed by atoms with Crippen molar-refractivity contribution in [2.45, 2.75) is 25.7 Å². The Balaban J connectivity index is 2.11. The second kappa shape index (κ2) is 4.57. The average Bonchev–Trinajstić information content (AvgIpc) is 2.76. The van der Waals surface area contributed by atoms with Gasteiger partial charge in [-0.1, -0.05) is 23.8 Å². The Morgan fingerprint density at radius 2 is 2.05 bits per heavy atom. The first kappa shape index (κ1) is 12.0. The summed E-state index contributed by atoms with van der Waals surface area (Å²) in [6, 6.07) is 8.16. The SMILES string of the molecule is COn1cc(C2CC(=O)C=C(C)C2)c2ccccc21. The molecule has 0 amide bonds. The van der Waals surface area contributed by atoms with E-state index >= 15 is 0 Å². The summed E-state index contributed by atoms with van der Waals surface area (Å²) in [6.07, 6.45) is 5.33. The molecular formula is C16H17NO2. The third-order valence-electron chi connectivity index (χ3n) is 3.77. The number of hydrogen-bond donors (Lipinski definition) is 0. The molecule has 1 aromatic heterocycles. The number of benzene rings is 1. The van der Waals surface area contributed by atoms with Crippen LogP contribution in [-0.4, -0.2) is 17.6 Å². The van der Waals surface area contributed by atoms with E-state index in [-0.39, 0.29) is 11.7 Å². The molecule has 1 aromatic carbocycles. The fourth-order valence-corrected chi connectivity index (χ4v) is 2.97. The smallest absolute Gasteiger partial charge is 0.156 e. The van der Waals surface area contributed by atoms with Crippen molar-refractivity contribution in [3.05, 3.63) is 47.7 Å². The van der Waals surface area contributed by atoms with Gasteiger partial charge in [0, 0.05) is 18.0 Å². The fraction of sp³-hybridized carbons (Fsp3) is 0.312. The predicted molar refractivity (Wildman–Crippen MR) is 75.2 cm³/mol. The van der Waals surface area contributed by atoms with Crippen LogP contribution in [0.3, 0.4) is 0 Å². The summed E-state index contributed by atoms with van der Waals surface area (Å²) in [5, 5.41) is 1.18. The monoisotopic (exact) mass is 255 g/mol. The van der Waals surface area contributed by atoms with Crippen LogP contribution in [0.25, 0.3) is 10.9 Å². The molecule has 0 saturated heterocycles. The van der Waals surface area contributed by atoms with Gasteiger partial charge in [0.25, 0.3) is 0 Å². The first-order chi connectivity index (χ1) is 9.19. The van der Waals surface area contributed by atoms with Crippen LogP contribution in [0.4, 0.5) is 0 Å². The Labute approximate surface area is 112 Å². The van der Waals surface area contributed by atoms with Gasteiger partial charge in [-0.05, 0) is 37.0 Å². The molecule has 0 saturated carbocycles. The van der Waals surface area contributed by atoms with Gasteiger partial charge in [0.2, 0.25) is 0 Å². The average molecular weight is 255 g/mol. The molecule has 0 N–H and O–H groups in total. The Hall–Kier alpha value is -2.03. The zero-order valence-corrected chi connectivity index (χ0v) is 11.2. The second-order valence-corrected chi connectivity index (χ2v) is 5.17. The van der Waals surface area contributed by atoms with Crippen LogP contribution >= 0.6 is 0 Å². The van der Waals surface area contributed by atoms with E-state index in [1.807, 2.05) is 31.3 Å². The molecule has 1 aliphatic rings. The molecule has 1 heterocycles. The number of carbonyl (C=O) groups excluding carboxylic acids is 1. The number of fused-ring (bicyclic) bond motifs is 1. The number of carbonyl (C=O) groups is 1. The van der Waals surface area contributed by atoms with Crippen LogP contribution in [0.2, 0.25) is 0 Å². The Bertz CT molecular complexity index is 666. The highest BCUT2D eigenvalue weighted by molar-refractivity contribution is 5.93. The first-order valence-corrected chi connectivity index (χ1v) is 6.53. The minimum atomic E-state index is 0.225. The van der Waals surface area contributed by atoms with Gasteiger partial charge >= 0.3 is 0 Å². The maximum atomic E-state index is 11.8. The fourth-order valence-electron chi connectivity index (χ4n) is 2.97. The number of ketones is 1. The molecule has 0 aliphatic heterocycles. The highest BCUT2D eigenvalue weighted by Gasteiger charge is 2.24. The maximum Gasteiger partial charge on any atom is 0.156 e. The molecule has 19 heavy (non-hydrogen) atoms. The molecule has 1 atom stereocenters. The maximum absolute atomic E-state index is 11.8. The standard InChI is InChI=1S/C16H17NO2/c1-11-7-12(9-13(18)8-11)15-10-17(19-2)16-6-4-3-5-14(15)16/h3-6,8,10,12H,7,9H2,1-2H3. The summed E-state index contributed by atoms with van der Waals surface area (Å²) in [6.45, 7) is 2.03. The molecule has 0 bridgehead atoms. The van der Waals surface area contributed by atoms with Gasteiger partial charge < -0.3 is 4.84 Å². The molecule has 3 nitrogen and oxygen atoms in total. The summed E-state index contributed by atoms with van der Waals surface area (Å²) in [5.74, 6) is 0.488. The summed E-state index contributed by atoms with van der Waals surface area (Å²) in [4.78, 5) is 17.1. The number of nitrogens with zero attached hydrogens (tertiary/aromatic N) is 1. The molecule has 3 rings (SSSR count). The highest BCUT2D eigenvalue weighted by Crippen LogP contribution is 2.36. The van der Waals surface area contributed by atoms with E-state index in [1.54, 1.807) is 17.9 Å². The van der Waals surface area contributed by atoms with Crippen molar-refractivity contribution in [3.8, 4) is 0 Å². The quantitative estimate of drug-likeness (QED) is 0.825. The van der Waals surface area contributed by atoms with Gasteiger partial charge in [-0.3, -0.25) is 4.79 Å². The van der Waals surface area contributed by atoms with Crippen molar-refractivity contribution >= 4 is 16.7 Å². The molecule has 0 radical (unpaired) electrons. The Kier molecular flexibility index (Phi) is 2.90. The molecule has 1 aliphatic carbocycles. The van der Waals surface area contributed by atoms with E-state index in [4.69, 9.17) is 4.84 Å². The van der Waals surface area contributed by atoms with Crippen molar-refractivity contribution in [1.29, 1.82) is 0 Å². The van der Waals surface area contributed by atoms with Crippen molar-refractivity contribution in [2.24, 2.45) is 0 Å². The first-order valence-electron chi connectivity index (χ1n) is 6.53. The molecule has 2 aromatic rings. The summed E-state index contributed by atoms with van der Waals surface area (Å²) < 4.78 is 1.78. The van der Waals surface area contributed by atoms with Crippen molar-refractivity contribution in [1.82, 2.24) is 4.73 Å². The van der Waals surface area contributed by atoms with E-state index in [9.17, 15) is 4.79 Å². The second-order valence-electron chi connectivity index (χ2n) is 5.17. The zero-order valence-electron chi connectivity index (χ0n) is 11.2. The third kappa shape index (κ3) is 2.05. The van der Waals surface area contributed by atoms with Crippen molar-refractivity contribution < 1.29 is 9.63 Å². The molecule has 0 fully saturated rings. The Morgan fingerprint density at radius 1 is 1.26 bits per heavy atom. The largest absolute Gasteiger partial charge is 0.417 e. The number of aromatic nitrogens is 1. The van der Waals surface area contributed by atoms with E-state index < -0.39 is 0 Å². The third-order valence-corrected chi connectivity index (χ3v) is 3.77. The van der Waals surface area contributed by atoms with Crippen LogP contribution in [0.15, 0.2) is 42.1 Å². The van der Waals surface area contributed by atoms with Crippen LogP contribution < -0.4 is 4.84 Å². The minimum absolute atomic E-state index is 0.225. The lowest BCUT2D eigenvalue weighted by Gasteiger charge is -2.19. The van der Waals surface area contributed by atoms with Gasteiger partial charge in [-0.15, -0.1) is 0 Å². The number of allylic oxidation sites excluding steroid dienone is 2. The lowest BCUT2D eigenvalue weighted by Crippen LogP contribution is -2.11. The van der Waals surface area contributed by atoms with Gasteiger partial charge in [-0.25, -0.2) is 0 Å². The summed E-state index contributed by atoms with van der Waals surface area (Å²) in [7, 11) is 1.66. The van der Waals surface area contributed by atoms with Gasteiger partial charge in [0.15, 0.2) is 5.78 Å². The van der Waals surface area contributed by atoms with Crippen molar-refractivity contribution in [2.75, 3.05) is 7.11 Å². The van der Waals surface area contributed by atoms with Gasteiger partial charge in [-0.2, -0.15) is 4.73 Å². The van der Waals surface area contributed by atoms with Crippen molar-refractivity contribution in [3.63, 3.8) is 0 Å². The van der Waals surface area contributed by atoms with Crippen LogP contribution in [0.1, 0.15) is 31.2 Å². The number of para-hydroxylation sites is 1. The topological polar surface area (TPSA) is 31.2 Å². The zero-order chi connectivity index (χ0) is 13.4. The number of rotatable bonds is 2. The van der Waals surface area contributed by atoms with E-state index in [0.29, 0.717) is 6.42 Å². The lowest BCUT2D eigenvalue weighted by atomic mass is 9.83. The summed E-state index contributed by atoms with van der Waals surface area (Å²) in [5.41, 5.74) is 3.42. The lowest BCUT2D eigenvalue weighted by molar-refractivity contribution is -0.115.